The van der Waals surface area contributed by atoms with Crippen LogP contribution in [0, 0.1) is 5.82 Å². The normalized spacial score (nSPS) is 11.5. The minimum absolute atomic E-state index is 0.00819. The van der Waals surface area contributed by atoms with Gasteiger partial charge in [-0.05, 0) is 42.8 Å². The summed E-state index contributed by atoms with van der Waals surface area (Å²) in [5, 5.41) is 3.09. The molecule has 0 unspecified atom stereocenters. The van der Waals surface area contributed by atoms with E-state index in [-0.39, 0.29) is 34.9 Å². The van der Waals surface area contributed by atoms with E-state index in [2.05, 4.69) is 5.32 Å². The Hall–Kier alpha value is -3.20. The standard InChI is InChI=1S/C19H17FN2O5S/c20-12-7-9-13(10-8-12)28(25,26)11-3-6-16(23)22-17-14-4-1-2-5-15(14)27-18(17)19(21)24/h1-2,4-5,7-10H,3,6,11H2,(H2,21,24)(H,22,23). The van der Waals surface area contributed by atoms with E-state index in [4.69, 9.17) is 10.2 Å². The summed E-state index contributed by atoms with van der Waals surface area (Å²) in [6.07, 6.45) is -0.0502. The van der Waals surface area contributed by atoms with Gasteiger partial charge in [-0.15, -0.1) is 0 Å². The fraction of sp³-hybridized carbons (Fsp3) is 0.158. The lowest BCUT2D eigenvalue weighted by molar-refractivity contribution is -0.116. The molecule has 0 aliphatic rings. The number of hydrogen-bond acceptors (Lipinski definition) is 5. The van der Waals surface area contributed by atoms with E-state index < -0.39 is 27.5 Å². The highest BCUT2D eigenvalue weighted by Gasteiger charge is 2.21. The van der Waals surface area contributed by atoms with Crippen molar-refractivity contribution in [2.24, 2.45) is 5.73 Å². The number of carbonyl (C=O) groups is 2. The van der Waals surface area contributed by atoms with Crippen molar-refractivity contribution in [3.05, 3.63) is 60.1 Å². The molecule has 0 radical (unpaired) electrons. The molecule has 7 nitrogen and oxygen atoms in total. The number of nitrogens with one attached hydrogen (secondary N) is 1. The first-order valence-electron chi connectivity index (χ1n) is 8.37. The molecule has 0 saturated carbocycles. The van der Waals surface area contributed by atoms with Crippen molar-refractivity contribution in [2.75, 3.05) is 11.1 Å². The number of rotatable bonds is 7. The van der Waals surface area contributed by atoms with Crippen molar-refractivity contribution >= 4 is 38.3 Å². The average molecular weight is 404 g/mol. The fourth-order valence-corrected chi connectivity index (χ4v) is 4.04. The molecule has 146 valence electrons. The molecule has 2 aromatic carbocycles. The number of nitrogens with two attached hydrogens (primary N) is 1. The van der Waals surface area contributed by atoms with Crippen LogP contribution in [-0.4, -0.2) is 26.0 Å². The van der Waals surface area contributed by atoms with Crippen LogP contribution in [0.4, 0.5) is 10.1 Å². The Morgan fingerprint density at radius 3 is 2.43 bits per heavy atom. The van der Waals surface area contributed by atoms with Gasteiger partial charge in [0, 0.05) is 11.8 Å². The largest absolute Gasteiger partial charge is 0.449 e. The maximum Gasteiger partial charge on any atom is 0.286 e. The lowest BCUT2D eigenvalue weighted by Gasteiger charge is -2.06. The van der Waals surface area contributed by atoms with E-state index in [0.717, 1.165) is 12.1 Å². The Kier molecular flexibility index (Phi) is 5.46. The van der Waals surface area contributed by atoms with Gasteiger partial charge in [0.1, 0.15) is 17.1 Å². The third-order valence-corrected chi connectivity index (χ3v) is 5.89. The molecule has 1 heterocycles. The third kappa shape index (κ3) is 4.20. The molecule has 1 aromatic heterocycles. The topological polar surface area (TPSA) is 119 Å². The maximum absolute atomic E-state index is 12.9. The number of furan rings is 1. The smallest absolute Gasteiger partial charge is 0.286 e. The summed E-state index contributed by atoms with van der Waals surface area (Å²) in [7, 11) is -3.63. The minimum Gasteiger partial charge on any atom is -0.449 e. The van der Waals surface area contributed by atoms with Crippen LogP contribution in [0.5, 0.6) is 0 Å². The van der Waals surface area contributed by atoms with Gasteiger partial charge in [-0.2, -0.15) is 0 Å². The highest BCUT2D eigenvalue weighted by atomic mass is 32.2. The van der Waals surface area contributed by atoms with Crippen molar-refractivity contribution in [1.29, 1.82) is 0 Å². The van der Waals surface area contributed by atoms with Crippen molar-refractivity contribution in [1.82, 2.24) is 0 Å². The Labute approximate surface area is 160 Å². The van der Waals surface area contributed by atoms with Crippen molar-refractivity contribution in [3.63, 3.8) is 0 Å². The number of sulfone groups is 1. The second-order valence-electron chi connectivity index (χ2n) is 6.09. The summed E-state index contributed by atoms with van der Waals surface area (Å²) < 4.78 is 42.8. The molecule has 9 heteroatoms. The number of hydrogen-bond donors (Lipinski definition) is 2. The maximum atomic E-state index is 12.9. The molecule has 28 heavy (non-hydrogen) atoms. The predicted molar refractivity (Wildman–Crippen MR) is 101 cm³/mol. The van der Waals surface area contributed by atoms with Gasteiger partial charge < -0.3 is 15.5 Å². The molecule has 3 aromatic rings. The SMILES string of the molecule is NC(=O)c1oc2ccccc2c1NC(=O)CCCS(=O)(=O)c1ccc(F)cc1. The number of anilines is 1. The molecule has 0 bridgehead atoms. The van der Waals surface area contributed by atoms with Crippen LogP contribution in [0.15, 0.2) is 57.8 Å². The molecule has 2 amide bonds. The molecule has 3 N–H and O–H groups in total. The minimum atomic E-state index is -3.63. The molecule has 0 fully saturated rings. The first-order valence-corrected chi connectivity index (χ1v) is 10.0. The van der Waals surface area contributed by atoms with E-state index in [0.29, 0.717) is 11.0 Å². The molecule has 0 saturated heterocycles. The molecule has 0 aliphatic heterocycles. The van der Waals surface area contributed by atoms with Gasteiger partial charge in [0.05, 0.1) is 10.6 Å². The zero-order valence-corrected chi connectivity index (χ0v) is 15.5. The van der Waals surface area contributed by atoms with Gasteiger partial charge in [0.15, 0.2) is 9.84 Å². The van der Waals surface area contributed by atoms with Crippen molar-refractivity contribution < 1.29 is 26.8 Å². The first-order chi connectivity index (χ1) is 13.3. The van der Waals surface area contributed by atoms with E-state index in [1.165, 1.54) is 12.1 Å². The van der Waals surface area contributed by atoms with Crippen LogP contribution in [0.1, 0.15) is 23.4 Å². The molecule has 0 spiro atoms. The van der Waals surface area contributed by atoms with Crippen molar-refractivity contribution in [2.45, 2.75) is 17.7 Å². The fourth-order valence-electron chi connectivity index (χ4n) is 2.73. The summed E-state index contributed by atoms with van der Waals surface area (Å²) in [4.78, 5) is 23.8. The van der Waals surface area contributed by atoms with Crippen LogP contribution in [0.3, 0.4) is 0 Å². The Balaban J connectivity index is 1.67. The second-order valence-corrected chi connectivity index (χ2v) is 8.20. The molecule has 3 rings (SSSR count). The number of amides is 2. The second kappa shape index (κ2) is 7.81. The van der Waals surface area contributed by atoms with E-state index in [1.807, 2.05) is 0 Å². The summed E-state index contributed by atoms with van der Waals surface area (Å²) in [6.45, 7) is 0. The highest BCUT2D eigenvalue weighted by Crippen LogP contribution is 2.30. The molecule has 0 atom stereocenters. The summed E-state index contributed by atoms with van der Waals surface area (Å²) in [5.41, 5.74) is 5.85. The van der Waals surface area contributed by atoms with Crippen LogP contribution in [0.25, 0.3) is 11.0 Å². The summed E-state index contributed by atoms with van der Waals surface area (Å²) in [6, 6.07) is 11.2. The number of carbonyl (C=O) groups excluding carboxylic acids is 2. The number of para-hydroxylation sites is 1. The molecule has 0 aliphatic carbocycles. The third-order valence-electron chi connectivity index (χ3n) is 4.07. The quantitative estimate of drug-likeness (QED) is 0.587. The Morgan fingerprint density at radius 2 is 1.75 bits per heavy atom. The van der Waals surface area contributed by atoms with Crippen molar-refractivity contribution in [3.8, 4) is 0 Å². The Morgan fingerprint density at radius 1 is 1.07 bits per heavy atom. The first kappa shape index (κ1) is 19.6. The van der Waals surface area contributed by atoms with E-state index >= 15 is 0 Å². The predicted octanol–water partition coefficient (Wildman–Crippen LogP) is 2.86. The van der Waals surface area contributed by atoms with Gasteiger partial charge in [0.25, 0.3) is 5.91 Å². The average Bonchev–Trinajstić information content (AvgIpc) is 3.01. The van der Waals surface area contributed by atoms with E-state index in [9.17, 15) is 22.4 Å². The summed E-state index contributed by atoms with van der Waals surface area (Å²) >= 11 is 0. The van der Waals surface area contributed by atoms with Crippen LogP contribution in [-0.2, 0) is 14.6 Å². The monoisotopic (exact) mass is 404 g/mol. The zero-order valence-electron chi connectivity index (χ0n) is 14.6. The van der Waals surface area contributed by atoms with Crippen LogP contribution in [0.2, 0.25) is 0 Å². The number of fused-ring (bicyclic) bond motifs is 1. The van der Waals surface area contributed by atoms with Gasteiger partial charge in [-0.3, -0.25) is 9.59 Å². The number of benzene rings is 2. The van der Waals surface area contributed by atoms with Gasteiger partial charge in [0.2, 0.25) is 11.7 Å². The number of halogens is 1. The summed E-state index contributed by atoms with van der Waals surface area (Å²) in [5.74, 6) is -2.29. The molecular formula is C19H17FN2O5S. The highest BCUT2D eigenvalue weighted by molar-refractivity contribution is 7.91. The van der Waals surface area contributed by atoms with E-state index in [1.54, 1.807) is 24.3 Å². The van der Waals surface area contributed by atoms with Gasteiger partial charge >= 0.3 is 0 Å². The number of primary amides is 1. The van der Waals surface area contributed by atoms with Crippen LogP contribution < -0.4 is 11.1 Å². The molecular weight excluding hydrogens is 387 g/mol. The zero-order chi connectivity index (χ0) is 20.3. The lowest BCUT2D eigenvalue weighted by Crippen LogP contribution is -2.18. The Bertz CT molecular complexity index is 1140. The van der Waals surface area contributed by atoms with Gasteiger partial charge in [-0.1, -0.05) is 12.1 Å². The van der Waals surface area contributed by atoms with Gasteiger partial charge in [-0.25, -0.2) is 12.8 Å². The lowest BCUT2D eigenvalue weighted by atomic mass is 10.2. The van der Waals surface area contributed by atoms with Crippen LogP contribution >= 0.6 is 0 Å².